The number of carbonyl (C=O) groups is 1. The van der Waals surface area contributed by atoms with E-state index in [0.717, 1.165) is 56.7 Å². The zero-order chi connectivity index (χ0) is 13.4. The summed E-state index contributed by atoms with van der Waals surface area (Å²) in [5.74, 6) is 0.170. The van der Waals surface area contributed by atoms with Crippen molar-refractivity contribution >= 4 is 5.91 Å². The predicted octanol–water partition coefficient (Wildman–Crippen LogP) is -0.506. The number of quaternary nitrogens is 1. The van der Waals surface area contributed by atoms with Crippen molar-refractivity contribution in [2.24, 2.45) is 0 Å². The van der Waals surface area contributed by atoms with E-state index in [9.17, 15) is 4.79 Å². The molecule has 1 rings (SSSR count). The highest BCUT2D eigenvalue weighted by Crippen LogP contribution is 1.98. The van der Waals surface area contributed by atoms with Gasteiger partial charge in [-0.1, -0.05) is 6.92 Å². The maximum atomic E-state index is 11.8. The lowest BCUT2D eigenvalue weighted by Gasteiger charge is -2.29. The topological polar surface area (TPSA) is 44.4 Å². The first-order chi connectivity index (χ1) is 8.53. The Hall–Kier alpha value is -0.650. The summed E-state index contributed by atoms with van der Waals surface area (Å²) >= 11 is 0. The van der Waals surface area contributed by atoms with E-state index in [1.807, 2.05) is 0 Å². The van der Waals surface area contributed by atoms with Crippen LogP contribution in [0.5, 0.6) is 0 Å². The molecule has 0 unspecified atom stereocenters. The Bertz CT molecular complexity index is 249. The number of hydrogen-bond donors (Lipinski definition) is 2. The van der Waals surface area contributed by atoms with Crippen LogP contribution in [0.3, 0.4) is 0 Å². The summed E-state index contributed by atoms with van der Waals surface area (Å²) in [4.78, 5) is 14.2. The molecular formula is C13H29N4O+. The molecule has 0 aromatic carbocycles. The summed E-state index contributed by atoms with van der Waals surface area (Å²) in [5.41, 5.74) is 0. The lowest BCUT2D eigenvalue weighted by atomic mass is 10.3. The Labute approximate surface area is 111 Å². The van der Waals surface area contributed by atoms with Crippen LogP contribution >= 0.6 is 0 Å². The summed E-state index contributed by atoms with van der Waals surface area (Å²) in [6.45, 7) is 9.83. The van der Waals surface area contributed by atoms with Crippen molar-refractivity contribution in [3.05, 3.63) is 0 Å². The van der Waals surface area contributed by atoms with Gasteiger partial charge in [-0.05, 0) is 6.42 Å². The van der Waals surface area contributed by atoms with Gasteiger partial charge in [0.05, 0.1) is 20.6 Å². The average Bonchev–Trinajstić information content (AvgIpc) is 2.29. The van der Waals surface area contributed by atoms with E-state index in [-0.39, 0.29) is 5.91 Å². The van der Waals surface area contributed by atoms with Crippen LogP contribution in [0.4, 0.5) is 0 Å². The molecule has 1 amide bonds. The van der Waals surface area contributed by atoms with Gasteiger partial charge in [-0.2, -0.15) is 0 Å². The minimum absolute atomic E-state index is 0.170. The molecule has 5 nitrogen and oxygen atoms in total. The number of nitrogens with one attached hydrogen (secondary N) is 2. The van der Waals surface area contributed by atoms with Gasteiger partial charge in [-0.25, -0.2) is 0 Å². The third-order valence-corrected chi connectivity index (χ3v) is 3.36. The maximum absolute atomic E-state index is 11.8. The molecule has 0 bridgehead atoms. The van der Waals surface area contributed by atoms with E-state index >= 15 is 0 Å². The van der Waals surface area contributed by atoms with E-state index in [1.54, 1.807) is 0 Å². The van der Waals surface area contributed by atoms with Gasteiger partial charge in [-0.15, -0.1) is 0 Å². The van der Waals surface area contributed by atoms with Crippen molar-refractivity contribution in [3.63, 3.8) is 0 Å². The number of carbonyl (C=O) groups excluding carboxylic acids is 1. The highest BCUT2D eigenvalue weighted by Gasteiger charge is 2.18. The van der Waals surface area contributed by atoms with Gasteiger partial charge in [0.1, 0.15) is 0 Å². The molecule has 1 aliphatic rings. The van der Waals surface area contributed by atoms with Crippen molar-refractivity contribution in [1.82, 2.24) is 15.5 Å². The third-order valence-electron chi connectivity index (χ3n) is 3.36. The largest absolute Gasteiger partial charge is 0.350 e. The van der Waals surface area contributed by atoms with Crippen LogP contribution in [0.1, 0.15) is 13.3 Å². The standard InChI is InChI=1S/C13H28N4O/c1-4-11-17(2,3)12-13(18)15-7-10-16-8-5-14-6-9-16/h14H,4-12H2,1-3H3/p+1. The van der Waals surface area contributed by atoms with E-state index in [1.165, 1.54) is 0 Å². The molecule has 1 saturated heterocycles. The normalized spacial score (nSPS) is 17.7. The lowest BCUT2D eigenvalue weighted by molar-refractivity contribution is -0.882. The van der Waals surface area contributed by atoms with Crippen molar-refractivity contribution in [2.45, 2.75) is 13.3 Å². The molecule has 0 aromatic rings. The highest BCUT2D eigenvalue weighted by atomic mass is 16.2. The minimum Gasteiger partial charge on any atom is -0.350 e. The van der Waals surface area contributed by atoms with E-state index < -0.39 is 0 Å². The fourth-order valence-electron chi connectivity index (χ4n) is 2.42. The molecule has 0 aromatic heterocycles. The number of rotatable bonds is 7. The van der Waals surface area contributed by atoms with Crippen LogP contribution in [0.25, 0.3) is 0 Å². The van der Waals surface area contributed by atoms with Crippen molar-refractivity contribution in [2.75, 3.05) is 66.5 Å². The number of likely N-dealkylation sites (N-methyl/N-ethyl adjacent to an activating group) is 1. The van der Waals surface area contributed by atoms with Crippen molar-refractivity contribution in [3.8, 4) is 0 Å². The van der Waals surface area contributed by atoms with Gasteiger partial charge in [0.2, 0.25) is 0 Å². The number of amides is 1. The van der Waals surface area contributed by atoms with Gasteiger partial charge in [0, 0.05) is 39.3 Å². The maximum Gasteiger partial charge on any atom is 0.275 e. The van der Waals surface area contributed by atoms with Crippen LogP contribution in [-0.2, 0) is 4.79 Å². The highest BCUT2D eigenvalue weighted by molar-refractivity contribution is 5.77. The van der Waals surface area contributed by atoms with Crippen LogP contribution in [0.15, 0.2) is 0 Å². The van der Waals surface area contributed by atoms with Crippen molar-refractivity contribution < 1.29 is 9.28 Å². The van der Waals surface area contributed by atoms with Crippen LogP contribution in [-0.4, -0.2) is 81.7 Å². The van der Waals surface area contributed by atoms with Gasteiger partial charge in [0.15, 0.2) is 6.54 Å². The molecule has 0 radical (unpaired) electrons. The Kier molecular flexibility index (Phi) is 6.60. The second-order valence-corrected chi connectivity index (χ2v) is 5.76. The Morgan fingerprint density at radius 3 is 2.61 bits per heavy atom. The molecule has 5 heteroatoms. The van der Waals surface area contributed by atoms with E-state index in [4.69, 9.17) is 0 Å². The molecule has 1 heterocycles. The number of nitrogens with zero attached hydrogens (tertiary/aromatic N) is 2. The van der Waals surface area contributed by atoms with Crippen LogP contribution in [0.2, 0.25) is 0 Å². The lowest BCUT2D eigenvalue weighted by Crippen LogP contribution is -2.50. The Balaban J connectivity index is 2.12. The fraction of sp³-hybridized carbons (Fsp3) is 0.923. The van der Waals surface area contributed by atoms with Gasteiger partial charge in [-0.3, -0.25) is 9.69 Å². The first-order valence-electron chi connectivity index (χ1n) is 7.05. The Morgan fingerprint density at radius 1 is 1.33 bits per heavy atom. The molecule has 0 spiro atoms. The minimum atomic E-state index is 0.170. The summed E-state index contributed by atoms with van der Waals surface area (Å²) in [6.07, 6.45) is 1.11. The number of hydrogen-bond acceptors (Lipinski definition) is 3. The quantitative estimate of drug-likeness (QED) is 0.604. The molecular weight excluding hydrogens is 228 g/mol. The first kappa shape index (κ1) is 15.4. The zero-order valence-electron chi connectivity index (χ0n) is 12.2. The van der Waals surface area contributed by atoms with Gasteiger partial charge in [0.25, 0.3) is 5.91 Å². The summed E-state index contributed by atoms with van der Waals surface area (Å²) < 4.78 is 0.774. The molecule has 1 fully saturated rings. The molecule has 0 saturated carbocycles. The number of piperazine rings is 1. The Morgan fingerprint density at radius 2 is 2.00 bits per heavy atom. The summed E-state index contributed by atoms with van der Waals surface area (Å²) in [6, 6.07) is 0. The second-order valence-electron chi connectivity index (χ2n) is 5.76. The first-order valence-corrected chi connectivity index (χ1v) is 7.05. The monoisotopic (exact) mass is 257 g/mol. The summed E-state index contributed by atoms with van der Waals surface area (Å²) in [5, 5.41) is 6.36. The van der Waals surface area contributed by atoms with Crippen molar-refractivity contribution in [1.29, 1.82) is 0 Å². The van der Waals surface area contributed by atoms with Gasteiger partial charge < -0.3 is 15.1 Å². The smallest absolute Gasteiger partial charge is 0.275 e. The molecule has 0 atom stereocenters. The SMILES string of the molecule is CCC[N+](C)(C)CC(=O)NCCN1CCNCC1. The fourth-order valence-corrected chi connectivity index (χ4v) is 2.42. The molecule has 106 valence electrons. The predicted molar refractivity (Wildman–Crippen MR) is 74.5 cm³/mol. The second kappa shape index (κ2) is 7.71. The molecule has 18 heavy (non-hydrogen) atoms. The third kappa shape index (κ3) is 6.33. The average molecular weight is 257 g/mol. The summed E-state index contributed by atoms with van der Waals surface area (Å²) in [7, 11) is 4.22. The van der Waals surface area contributed by atoms with E-state index in [0.29, 0.717) is 6.54 Å². The van der Waals surface area contributed by atoms with Gasteiger partial charge >= 0.3 is 0 Å². The molecule has 2 N–H and O–H groups in total. The van der Waals surface area contributed by atoms with E-state index in [2.05, 4.69) is 36.6 Å². The van der Waals surface area contributed by atoms with Crippen LogP contribution < -0.4 is 10.6 Å². The van der Waals surface area contributed by atoms with Crippen LogP contribution in [0, 0.1) is 0 Å². The molecule has 1 aliphatic heterocycles. The molecule has 0 aliphatic carbocycles. The zero-order valence-corrected chi connectivity index (χ0v) is 12.2.